The molecule has 2 heterocycles. The number of likely N-dealkylation sites (N-methyl/N-ethyl adjacent to an activating group) is 2. The van der Waals surface area contributed by atoms with E-state index >= 15 is 8.78 Å². The van der Waals surface area contributed by atoms with Gasteiger partial charge in [0, 0.05) is 38.8 Å². The quantitative estimate of drug-likeness (QED) is 0.0559. The summed E-state index contributed by atoms with van der Waals surface area (Å²) in [5, 5.41) is 19.7. The minimum Gasteiger partial charge on any atom is -0.485 e. The van der Waals surface area contributed by atoms with Gasteiger partial charge >= 0.3 is 5.97 Å². The Balaban J connectivity index is 1.58. The zero-order valence-corrected chi connectivity index (χ0v) is 29.6. The molecule has 13 nitrogen and oxygen atoms in total. The SMILES string of the molecule is CCOC(=O)C(CCCNC(=N)N)N(C)c1c(F)c(Oc2cccc(C3=NCCN3C)c2)nc(Oc2cc(C#N)ccc2OCc2ccccc2)c1F. The van der Waals surface area contributed by atoms with Crippen LogP contribution in [0, 0.1) is 28.4 Å². The number of rotatable bonds is 16. The molecule has 0 amide bonds. The summed E-state index contributed by atoms with van der Waals surface area (Å²) in [6.07, 6.45) is 0.366. The van der Waals surface area contributed by atoms with Crippen LogP contribution in [0.2, 0.25) is 0 Å². The van der Waals surface area contributed by atoms with Gasteiger partial charge in [0.2, 0.25) is 11.6 Å². The molecule has 276 valence electrons. The zero-order valence-electron chi connectivity index (χ0n) is 29.6. The number of nitriles is 1. The van der Waals surface area contributed by atoms with Gasteiger partial charge in [-0.1, -0.05) is 42.5 Å². The minimum atomic E-state index is -1.25. The molecule has 5 rings (SSSR count). The van der Waals surface area contributed by atoms with Crippen LogP contribution in [0.15, 0.2) is 77.8 Å². The second-order valence-electron chi connectivity index (χ2n) is 12.0. The average molecular weight is 727 g/mol. The number of nitrogens with two attached hydrogens (primary N) is 1. The van der Waals surface area contributed by atoms with Crippen LogP contribution in [-0.4, -0.2) is 74.0 Å². The van der Waals surface area contributed by atoms with E-state index in [0.717, 1.165) is 22.8 Å². The number of anilines is 1. The van der Waals surface area contributed by atoms with E-state index in [0.29, 0.717) is 18.5 Å². The highest BCUT2D eigenvalue weighted by molar-refractivity contribution is 5.99. The number of aliphatic imine (C=N–C) groups is 1. The van der Waals surface area contributed by atoms with Crippen LogP contribution in [0.25, 0.3) is 0 Å². The first-order valence-electron chi connectivity index (χ1n) is 16.9. The van der Waals surface area contributed by atoms with E-state index in [1.54, 1.807) is 25.1 Å². The Morgan fingerprint density at radius 1 is 1.08 bits per heavy atom. The molecule has 0 spiro atoms. The van der Waals surface area contributed by atoms with Crippen LogP contribution in [0.5, 0.6) is 29.0 Å². The van der Waals surface area contributed by atoms with Crippen molar-refractivity contribution >= 4 is 23.5 Å². The molecule has 53 heavy (non-hydrogen) atoms. The molecule has 1 unspecified atom stereocenters. The van der Waals surface area contributed by atoms with Gasteiger partial charge in [-0.15, -0.1) is 0 Å². The fourth-order valence-corrected chi connectivity index (χ4v) is 5.59. The number of carbonyl (C=O) groups is 1. The van der Waals surface area contributed by atoms with Crippen molar-refractivity contribution in [3.05, 3.63) is 101 Å². The van der Waals surface area contributed by atoms with Crippen LogP contribution in [0.1, 0.15) is 36.5 Å². The molecule has 15 heteroatoms. The molecule has 1 atom stereocenters. The Morgan fingerprint density at radius 2 is 1.83 bits per heavy atom. The maximum Gasteiger partial charge on any atom is 0.328 e. The largest absolute Gasteiger partial charge is 0.485 e. The summed E-state index contributed by atoms with van der Waals surface area (Å²) >= 11 is 0. The van der Waals surface area contributed by atoms with Crippen molar-refractivity contribution in [3.8, 4) is 35.1 Å². The van der Waals surface area contributed by atoms with Crippen LogP contribution in [0.3, 0.4) is 0 Å². The molecule has 3 aromatic carbocycles. The third-order valence-corrected chi connectivity index (χ3v) is 8.23. The molecule has 0 saturated heterocycles. The van der Waals surface area contributed by atoms with Gasteiger partial charge in [0.25, 0.3) is 11.8 Å². The zero-order chi connectivity index (χ0) is 37.9. The van der Waals surface area contributed by atoms with E-state index in [1.165, 1.54) is 25.2 Å². The van der Waals surface area contributed by atoms with Crippen molar-refractivity contribution in [1.82, 2.24) is 15.2 Å². The Morgan fingerprint density at radius 3 is 2.51 bits per heavy atom. The van der Waals surface area contributed by atoms with Gasteiger partial charge in [-0.3, -0.25) is 10.4 Å². The Kier molecular flexibility index (Phi) is 12.6. The molecule has 0 aliphatic carbocycles. The first-order chi connectivity index (χ1) is 25.6. The maximum absolute atomic E-state index is 16.7. The summed E-state index contributed by atoms with van der Waals surface area (Å²) in [7, 11) is 3.25. The number of halogens is 2. The second kappa shape index (κ2) is 17.7. The number of carbonyl (C=O) groups excluding carboxylic acids is 1. The van der Waals surface area contributed by atoms with Crippen LogP contribution in [0.4, 0.5) is 14.5 Å². The molecule has 1 aliphatic rings. The summed E-state index contributed by atoms with van der Waals surface area (Å²) in [5.74, 6) is -3.81. The highest BCUT2D eigenvalue weighted by atomic mass is 19.1. The molecule has 4 N–H and O–H groups in total. The molecule has 0 bridgehead atoms. The molecular formula is C38H40F2N8O5. The van der Waals surface area contributed by atoms with Gasteiger partial charge in [0.15, 0.2) is 17.5 Å². The van der Waals surface area contributed by atoms with Gasteiger partial charge in [-0.05, 0) is 49.6 Å². The average Bonchev–Trinajstić information content (AvgIpc) is 3.59. The number of benzene rings is 3. The Labute approximate surface area is 306 Å². The highest BCUT2D eigenvalue weighted by Crippen LogP contribution is 2.41. The van der Waals surface area contributed by atoms with Crippen LogP contribution >= 0.6 is 0 Å². The van der Waals surface area contributed by atoms with Gasteiger partial charge in [-0.2, -0.15) is 19.0 Å². The molecule has 1 aliphatic heterocycles. The fourth-order valence-electron chi connectivity index (χ4n) is 5.59. The first kappa shape index (κ1) is 37.8. The molecule has 0 saturated carbocycles. The van der Waals surface area contributed by atoms with Crippen molar-refractivity contribution < 1.29 is 32.5 Å². The number of pyridine rings is 1. The van der Waals surface area contributed by atoms with Gasteiger partial charge in [0.1, 0.15) is 29.9 Å². The number of aromatic nitrogens is 1. The van der Waals surface area contributed by atoms with E-state index in [2.05, 4.69) is 15.3 Å². The topological polar surface area (TPSA) is 171 Å². The fraction of sp³-hybridized carbons (Fsp3) is 0.289. The van der Waals surface area contributed by atoms with E-state index in [4.69, 9.17) is 30.1 Å². The van der Waals surface area contributed by atoms with Crippen molar-refractivity contribution in [2.45, 2.75) is 32.4 Å². The lowest BCUT2D eigenvalue weighted by molar-refractivity contribution is -0.144. The van der Waals surface area contributed by atoms with E-state index in [1.807, 2.05) is 54.4 Å². The lowest BCUT2D eigenvalue weighted by atomic mass is 10.1. The Hall–Kier alpha value is -6.43. The Bertz CT molecular complexity index is 2010. The normalized spacial score (nSPS) is 12.7. The molecule has 1 aromatic heterocycles. The first-order valence-corrected chi connectivity index (χ1v) is 16.9. The number of amidine groups is 1. The number of hydrogen-bond donors (Lipinski definition) is 3. The minimum absolute atomic E-state index is 0.0245. The monoisotopic (exact) mass is 726 g/mol. The number of ether oxygens (including phenoxy) is 4. The van der Waals surface area contributed by atoms with Gasteiger partial charge in [-0.25, -0.2) is 4.79 Å². The molecular weight excluding hydrogens is 686 g/mol. The predicted molar refractivity (Wildman–Crippen MR) is 195 cm³/mol. The van der Waals surface area contributed by atoms with Crippen molar-refractivity contribution in [2.75, 3.05) is 45.2 Å². The maximum atomic E-state index is 16.7. The van der Waals surface area contributed by atoms with E-state index in [9.17, 15) is 10.1 Å². The number of guanidine groups is 1. The van der Waals surface area contributed by atoms with Crippen molar-refractivity contribution in [3.63, 3.8) is 0 Å². The standard InChI is InChI=1S/C38H40F2N8O5/c1-4-50-37(49)28(14-9-17-45-38(42)43)48(3)33-31(39)35(52-27-13-8-12-26(21-27)34-44-18-19-47(34)2)46-36(32(33)40)53-30-20-25(22-41)15-16-29(30)51-23-24-10-6-5-7-11-24/h5-8,10-13,15-16,20-21,28H,4,9,14,17-19,23H2,1-3H3,(H4,42,43,45). The van der Waals surface area contributed by atoms with Gasteiger partial charge in [0.05, 0.1) is 24.8 Å². The van der Waals surface area contributed by atoms with Crippen molar-refractivity contribution in [2.24, 2.45) is 10.7 Å². The number of nitrogens with zero attached hydrogens (tertiary/aromatic N) is 5. The summed E-state index contributed by atoms with van der Waals surface area (Å²) < 4.78 is 56.6. The summed E-state index contributed by atoms with van der Waals surface area (Å²) in [6, 6.07) is 21.3. The summed E-state index contributed by atoms with van der Waals surface area (Å²) in [4.78, 5) is 25.0. The number of esters is 1. The third-order valence-electron chi connectivity index (χ3n) is 8.23. The number of nitrogens with one attached hydrogen (secondary N) is 2. The predicted octanol–water partition coefficient (Wildman–Crippen LogP) is 5.72. The smallest absolute Gasteiger partial charge is 0.328 e. The summed E-state index contributed by atoms with van der Waals surface area (Å²) in [5.41, 5.74) is 6.46. The lowest BCUT2D eigenvalue weighted by Gasteiger charge is -2.29. The second-order valence-corrected chi connectivity index (χ2v) is 12.0. The molecule has 0 radical (unpaired) electrons. The molecule has 0 fully saturated rings. The van der Waals surface area contributed by atoms with Gasteiger partial charge < -0.3 is 39.8 Å². The van der Waals surface area contributed by atoms with Crippen LogP contribution < -0.4 is 30.2 Å². The lowest BCUT2D eigenvalue weighted by Crippen LogP contribution is -2.41. The third kappa shape index (κ3) is 9.47. The van der Waals surface area contributed by atoms with E-state index < -0.39 is 41.1 Å². The summed E-state index contributed by atoms with van der Waals surface area (Å²) in [6.45, 7) is 3.35. The van der Waals surface area contributed by atoms with Crippen LogP contribution in [-0.2, 0) is 16.1 Å². The van der Waals surface area contributed by atoms with E-state index in [-0.39, 0.29) is 55.0 Å². The number of hydrogen-bond acceptors (Lipinski definition) is 11. The van der Waals surface area contributed by atoms with Crippen molar-refractivity contribution in [1.29, 1.82) is 10.7 Å². The highest BCUT2D eigenvalue weighted by Gasteiger charge is 2.33. The molecule has 4 aromatic rings.